The number of amides is 1. The van der Waals surface area contributed by atoms with Crippen LogP contribution in [0.1, 0.15) is 29.3 Å². The van der Waals surface area contributed by atoms with Crippen molar-refractivity contribution in [2.75, 3.05) is 43.5 Å². The molecule has 3 heterocycles. The van der Waals surface area contributed by atoms with Gasteiger partial charge >= 0.3 is 0 Å². The standard InChI is InChI=1S/C22H28N6O2S/c1-3-13-31-22-25-19(27-9-11-30-12-10-27)18-15-24-28(20(18)26-22)8-7-23-21(29)17-6-4-5-16(2)14-17/h4-6,14-15H,3,7-13H2,1-2H3,(H,23,29). The number of hydrogen-bond donors (Lipinski definition) is 1. The zero-order chi connectivity index (χ0) is 21.6. The maximum Gasteiger partial charge on any atom is 0.251 e. The molecule has 1 fully saturated rings. The van der Waals surface area contributed by atoms with Crippen LogP contribution in [0, 0.1) is 6.92 Å². The molecule has 2 aromatic heterocycles. The van der Waals surface area contributed by atoms with E-state index in [1.807, 2.05) is 42.1 Å². The van der Waals surface area contributed by atoms with Crippen LogP contribution in [-0.2, 0) is 11.3 Å². The fourth-order valence-electron chi connectivity index (χ4n) is 3.52. The predicted molar refractivity (Wildman–Crippen MR) is 123 cm³/mol. The van der Waals surface area contributed by atoms with Crippen LogP contribution in [0.25, 0.3) is 11.0 Å². The highest BCUT2D eigenvalue weighted by Crippen LogP contribution is 2.28. The highest BCUT2D eigenvalue weighted by Gasteiger charge is 2.20. The third-order valence-electron chi connectivity index (χ3n) is 5.09. The quantitative estimate of drug-likeness (QED) is 0.426. The number of anilines is 1. The van der Waals surface area contributed by atoms with E-state index in [9.17, 15) is 4.79 Å². The third kappa shape index (κ3) is 5.16. The summed E-state index contributed by atoms with van der Waals surface area (Å²) >= 11 is 1.66. The van der Waals surface area contributed by atoms with Crippen molar-refractivity contribution in [2.24, 2.45) is 0 Å². The number of nitrogens with zero attached hydrogens (tertiary/aromatic N) is 5. The van der Waals surface area contributed by atoms with Crippen LogP contribution in [-0.4, -0.2) is 64.3 Å². The van der Waals surface area contributed by atoms with E-state index < -0.39 is 0 Å². The van der Waals surface area contributed by atoms with Crippen molar-refractivity contribution in [1.29, 1.82) is 0 Å². The summed E-state index contributed by atoms with van der Waals surface area (Å²) in [6.45, 7) is 8.14. The minimum atomic E-state index is -0.0806. The van der Waals surface area contributed by atoms with E-state index >= 15 is 0 Å². The van der Waals surface area contributed by atoms with Crippen LogP contribution in [0.3, 0.4) is 0 Å². The van der Waals surface area contributed by atoms with Gasteiger partial charge in [-0.3, -0.25) is 4.79 Å². The molecule has 1 amide bonds. The van der Waals surface area contributed by atoms with Gasteiger partial charge in [0.25, 0.3) is 5.91 Å². The molecule has 0 saturated carbocycles. The van der Waals surface area contributed by atoms with Crippen molar-refractivity contribution >= 4 is 34.5 Å². The van der Waals surface area contributed by atoms with Crippen molar-refractivity contribution in [2.45, 2.75) is 32.0 Å². The summed E-state index contributed by atoms with van der Waals surface area (Å²) in [4.78, 5) is 24.3. The number of morpholine rings is 1. The van der Waals surface area contributed by atoms with Crippen molar-refractivity contribution in [3.05, 3.63) is 41.6 Å². The Morgan fingerprint density at radius 1 is 1.26 bits per heavy atom. The maximum atomic E-state index is 12.4. The van der Waals surface area contributed by atoms with Crippen molar-refractivity contribution in [3.8, 4) is 0 Å². The Morgan fingerprint density at radius 2 is 2.10 bits per heavy atom. The Labute approximate surface area is 186 Å². The van der Waals surface area contributed by atoms with E-state index in [1.54, 1.807) is 11.8 Å². The third-order valence-corrected chi connectivity index (χ3v) is 6.14. The second kappa shape index (κ2) is 10.1. The number of nitrogens with one attached hydrogen (secondary N) is 1. The van der Waals surface area contributed by atoms with Gasteiger partial charge in [-0.1, -0.05) is 36.4 Å². The van der Waals surface area contributed by atoms with Crippen molar-refractivity contribution in [1.82, 2.24) is 25.1 Å². The van der Waals surface area contributed by atoms with Crippen LogP contribution in [0.4, 0.5) is 5.82 Å². The van der Waals surface area contributed by atoms with Crippen LogP contribution >= 0.6 is 11.8 Å². The van der Waals surface area contributed by atoms with Gasteiger partial charge in [0.05, 0.1) is 31.3 Å². The number of carbonyl (C=O) groups excluding carboxylic acids is 1. The van der Waals surface area contributed by atoms with Gasteiger partial charge in [0.1, 0.15) is 5.82 Å². The summed E-state index contributed by atoms with van der Waals surface area (Å²) in [6.07, 6.45) is 2.89. The molecule has 1 aromatic carbocycles. The highest BCUT2D eigenvalue weighted by atomic mass is 32.2. The summed E-state index contributed by atoms with van der Waals surface area (Å²) in [5.74, 6) is 1.80. The molecule has 3 aromatic rings. The summed E-state index contributed by atoms with van der Waals surface area (Å²) in [5.41, 5.74) is 2.54. The molecule has 0 unspecified atom stereocenters. The first-order valence-electron chi connectivity index (χ1n) is 10.7. The van der Waals surface area contributed by atoms with Crippen LogP contribution in [0.2, 0.25) is 0 Å². The van der Waals surface area contributed by atoms with E-state index in [4.69, 9.17) is 14.7 Å². The summed E-state index contributed by atoms with van der Waals surface area (Å²) in [6, 6.07) is 7.58. The van der Waals surface area contributed by atoms with E-state index in [2.05, 4.69) is 22.2 Å². The zero-order valence-electron chi connectivity index (χ0n) is 18.0. The number of thioether (sulfide) groups is 1. The first-order chi connectivity index (χ1) is 15.2. The number of rotatable bonds is 8. The van der Waals surface area contributed by atoms with Crippen LogP contribution in [0.15, 0.2) is 35.6 Å². The lowest BCUT2D eigenvalue weighted by Gasteiger charge is -2.28. The number of fused-ring (bicyclic) bond motifs is 1. The Bertz CT molecular complexity index is 1050. The van der Waals surface area contributed by atoms with Gasteiger partial charge < -0.3 is 15.0 Å². The molecule has 0 spiro atoms. The summed E-state index contributed by atoms with van der Waals surface area (Å²) in [7, 11) is 0. The number of carbonyl (C=O) groups is 1. The molecule has 4 rings (SSSR count). The average Bonchev–Trinajstić information content (AvgIpc) is 3.20. The fourth-order valence-corrected chi connectivity index (χ4v) is 4.21. The molecule has 8 nitrogen and oxygen atoms in total. The van der Waals surface area contributed by atoms with E-state index in [-0.39, 0.29) is 5.91 Å². The fraction of sp³-hybridized carbons (Fsp3) is 0.455. The second-order valence-corrected chi connectivity index (χ2v) is 8.57. The van der Waals surface area contributed by atoms with E-state index in [0.717, 1.165) is 52.8 Å². The predicted octanol–water partition coefficient (Wildman–Crippen LogP) is 2.90. The molecular formula is C22H28N6O2S. The second-order valence-electron chi connectivity index (χ2n) is 7.51. The molecule has 9 heteroatoms. The van der Waals surface area contributed by atoms with Gasteiger partial charge in [0.15, 0.2) is 10.8 Å². The van der Waals surface area contributed by atoms with Crippen molar-refractivity contribution < 1.29 is 9.53 Å². The zero-order valence-corrected chi connectivity index (χ0v) is 18.8. The first kappa shape index (κ1) is 21.6. The smallest absolute Gasteiger partial charge is 0.251 e. The van der Waals surface area contributed by atoms with Gasteiger partial charge in [0, 0.05) is 31.0 Å². The minimum Gasteiger partial charge on any atom is -0.378 e. The molecule has 31 heavy (non-hydrogen) atoms. The molecule has 1 saturated heterocycles. The number of hydrogen-bond acceptors (Lipinski definition) is 7. The van der Waals surface area contributed by atoms with Gasteiger partial charge in [-0.15, -0.1) is 0 Å². The molecule has 1 aliphatic rings. The maximum absolute atomic E-state index is 12.4. The van der Waals surface area contributed by atoms with Gasteiger partial charge in [-0.05, 0) is 25.5 Å². The lowest BCUT2D eigenvalue weighted by atomic mass is 10.1. The van der Waals surface area contributed by atoms with Crippen LogP contribution < -0.4 is 10.2 Å². The molecule has 1 N–H and O–H groups in total. The lowest BCUT2D eigenvalue weighted by molar-refractivity contribution is 0.0952. The molecule has 0 radical (unpaired) electrons. The number of aromatic nitrogens is 4. The number of aryl methyl sites for hydroxylation is 1. The largest absolute Gasteiger partial charge is 0.378 e. The Morgan fingerprint density at radius 3 is 2.87 bits per heavy atom. The van der Waals surface area contributed by atoms with Gasteiger partial charge in [0.2, 0.25) is 0 Å². The SMILES string of the molecule is CCCSc1nc(N2CCOCC2)c2cnn(CCNC(=O)c3cccc(C)c3)c2n1. The normalized spacial score (nSPS) is 14.2. The molecular weight excluding hydrogens is 412 g/mol. The average molecular weight is 441 g/mol. The van der Waals surface area contributed by atoms with Crippen LogP contribution in [0.5, 0.6) is 0 Å². The Hall–Kier alpha value is -2.65. The van der Waals surface area contributed by atoms with Gasteiger partial charge in [-0.2, -0.15) is 5.10 Å². The summed E-state index contributed by atoms with van der Waals surface area (Å²) in [5, 5.41) is 9.24. The molecule has 0 atom stereocenters. The Kier molecular flexibility index (Phi) is 7.03. The first-order valence-corrected chi connectivity index (χ1v) is 11.7. The molecule has 0 aliphatic carbocycles. The topological polar surface area (TPSA) is 85.2 Å². The molecule has 164 valence electrons. The minimum absolute atomic E-state index is 0.0806. The lowest BCUT2D eigenvalue weighted by Crippen LogP contribution is -2.37. The van der Waals surface area contributed by atoms with E-state index in [0.29, 0.717) is 31.9 Å². The highest BCUT2D eigenvalue weighted by molar-refractivity contribution is 7.99. The molecule has 0 bridgehead atoms. The van der Waals surface area contributed by atoms with Crippen molar-refractivity contribution in [3.63, 3.8) is 0 Å². The Balaban J connectivity index is 1.52. The van der Waals surface area contributed by atoms with Gasteiger partial charge in [-0.25, -0.2) is 14.6 Å². The van der Waals surface area contributed by atoms with E-state index in [1.165, 1.54) is 0 Å². The number of benzene rings is 1. The summed E-state index contributed by atoms with van der Waals surface area (Å²) < 4.78 is 7.36. The number of ether oxygens (including phenoxy) is 1. The monoisotopic (exact) mass is 440 g/mol. The molecule has 1 aliphatic heterocycles.